The predicted octanol–water partition coefficient (Wildman–Crippen LogP) is 3.87. The minimum Gasteiger partial charge on any atom is -0.324 e. The van der Waals surface area contributed by atoms with Gasteiger partial charge in [0.25, 0.3) is 0 Å². The molecule has 1 aromatic rings. The molecule has 0 aliphatic carbocycles. The molecule has 0 heterocycles. The molecule has 0 radical (unpaired) electrons. The van der Waals surface area contributed by atoms with Gasteiger partial charge in [-0.05, 0) is 24.1 Å². The summed E-state index contributed by atoms with van der Waals surface area (Å²) in [7, 11) is 0. The standard InChI is InChI=1S/C10H9F6N.ClH/c11-6-3-5(4-7(12)9(6)13)8(17)1-2-10(14,15)16;/h3-4,8H,1-2,17H2;1H/t8-;/m1./s1. The second kappa shape index (κ2) is 6.29. The lowest BCUT2D eigenvalue weighted by Gasteiger charge is -2.14. The summed E-state index contributed by atoms with van der Waals surface area (Å²) >= 11 is 0. The lowest BCUT2D eigenvalue weighted by atomic mass is 10.0. The van der Waals surface area contributed by atoms with E-state index in [0.717, 1.165) is 0 Å². The van der Waals surface area contributed by atoms with Crippen LogP contribution in [0.15, 0.2) is 12.1 Å². The Bertz CT molecular complexity index is 383. The fourth-order valence-corrected chi connectivity index (χ4v) is 1.28. The molecule has 0 saturated carbocycles. The van der Waals surface area contributed by atoms with Crippen molar-refractivity contribution in [1.29, 1.82) is 0 Å². The van der Waals surface area contributed by atoms with Gasteiger partial charge in [0.15, 0.2) is 17.5 Å². The summed E-state index contributed by atoms with van der Waals surface area (Å²) in [4.78, 5) is 0. The maximum Gasteiger partial charge on any atom is 0.389 e. The quantitative estimate of drug-likeness (QED) is 0.664. The van der Waals surface area contributed by atoms with Crippen molar-refractivity contribution in [3.63, 3.8) is 0 Å². The Balaban J connectivity index is 0.00000289. The van der Waals surface area contributed by atoms with E-state index >= 15 is 0 Å². The molecule has 0 aliphatic heterocycles. The highest BCUT2D eigenvalue weighted by Crippen LogP contribution is 2.27. The first-order chi connectivity index (χ1) is 7.70. The molecular weight excluding hydrogens is 284 g/mol. The third kappa shape index (κ3) is 4.73. The Labute approximate surface area is 105 Å². The summed E-state index contributed by atoms with van der Waals surface area (Å²) in [6.45, 7) is 0. The number of benzene rings is 1. The van der Waals surface area contributed by atoms with Gasteiger partial charge in [0.1, 0.15) is 0 Å². The highest BCUT2D eigenvalue weighted by atomic mass is 35.5. The van der Waals surface area contributed by atoms with E-state index in [-0.39, 0.29) is 18.0 Å². The van der Waals surface area contributed by atoms with Crippen LogP contribution in [0.5, 0.6) is 0 Å². The molecule has 1 aromatic carbocycles. The van der Waals surface area contributed by atoms with Gasteiger partial charge < -0.3 is 5.73 Å². The Morgan fingerprint density at radius 1 is 1.06 bits per heavy atom. The molecule has 18 heavy (non-hydrogen) atoms. The Kier molecular flexibility index (Phi) is 5.95. The number of halogens is 7. The van der Waals surface area contributed by atoms with Crippen molar-refractivity contribution in [3.8, 4) is 0 Å². The van der Waals surface area contributed by atoms with E-state index < -0.39 is 42.5 Å². The average molecular weight is 294 g/mol. The lowest BCUT2D eigenvalue weighted by molar-refractivity contribution is -0.136. The third-order valence-corrected chi connectivity index (χ3v) is 2.17. The van der Waals surface area contributed by atoms with E-state index in [1.165, 1.54) is 0 Å². The number of rotatable bonds is 3. The monoisotopic (exact) mass is 293 g/mol. The van der Waals surface area contributed by atoms with Gasteiger partial charge in [-0.15, -0.1) is 12.4 Å². The van der Waals surface area contributed by atoms with Gasteiger partial charge in [0.2, 0.25) is 0 Å². The van der Waals surface area contributed by atoms with Crippen LogP contribution in [0.3, 0.4) is 0 Å². The molecule has 0 bridgehead atoms. The summed E-state index contributed by atoms with van der Waals surface area (Å²) in [6, 6.07) is 0.0000515. The zero-order valence-corrected chi connectivity index (χ0v) is 9.72. The van der Waals surface area contributed by atoms with Crippen LogP contribution >= 0.6 is 12.4 Å². The van der Waals surface area contributed by atoms with Gasteiger partial charge in [-0.3, -0.25) is 0 Å². The summed E-state index contributed by atoms with van der Waals surface area (Å²) in [6.07, 6.45) is -6.09. The topological polar surface area (TPSA) is 26.0 Å². The molecule has 104 valence electrons. The number of hydrogen-bond acceptors (Lipinski definition) is 1. The van der Waals surface area contributed by atoms with Crippen molar-refractivity contribution >= 4 is 12.4 Å². The van der Waals surface area contributed by atoms with Crippen molar-refractivity contribution in [3.05, 3.63) is 35.1 Å². The van der Waals surface area contributed by atoms with Crippen LogP contribution in [0.1, 0.15) is 24.4 Å². The smallest absolute Gasteiger partial charge is 0.324 e. The summed E-state index contributed by atoms with van der Waals surface area (Å²) < 4.78 is 73.8. The average Bonchev–Trinajstić information content (AvgIpc) is 2.20. The lowest BCUT2D eigenvalue weighted by Crippen LogP contribution is -2.16. The molecule has 0 fully saturated rings. The molecule has 0 unspecified atom stereocenters. The van der Waals surface area contributed by atoms with Gasteiger partial charge in [0.05, 0.1) is 0 Å². The van der Waals surface area contributed by atoms with E-state index in [1.54, 1.807) is 0 Å². The Morgan fingerprint density at radius 3 is 1.89 bits per heavy atom. The molecule has 0 aliphatic rings. The van der Waals surface area contributed by atoms with Gasteiger partial charge in [0, 0.05) is 12.5 Å². The van der Waals surface area contributed by atoms with Gasteiger partial charge in [-0.1, -0.05) is 0 Å². The van der Waals surface area contributed by atoms with E-state index in [0.29, 0.717) is 12.1 Å². The zero-order valence-electron chi connectivity index (χ0n) is 8.90. The van der Waals surface area contributed by atoms with Gasteiger partial charge >= 0.3 is 6.18 Å². The van der Waals surface area contributed by atoms with E-state index in [1.807, 2.05) is 0 Å². The van der Waals surface area contributed by atoms with Gasteiger partial charge in [-0.2, -0.15) is 13.2 Å². The fraction of sp³-hybridized carbons (Fsp3) is 0.400. The molecule has 2 N–H and O–H groups in total. The second-order valence-electron chi connectivity index (χ2n) is 3.56. The van der Waals surface area contributed by atoms with Crippen LogP contribution < -0.4 is 5.73 Å². The van der Waals surface area contributed by atoms with E-state index in [2.05, 4.69) is 0 Å². The maximum atomic E-state index is 12.8. The van der Waals surface area contributed by atoms with E-state index in [9.17, 15) is 26.3 Å². The number of hydrogen-bond donors (Lipinski definition) is 1. The SMILES string of the molecule is Cl.N[C@H](CCC(F)(F)F)c1cc(F)c(F)c(F)c1. The number of alkyl halides is 3. The van der Waals surface area contributed by atoms with Crippen LogP contribution in [0.2, 0.25) is 0 Å². The molecule has 0 spiro atoms. The van der Waals surface area contributed by atoms with Gasteiger partial charge in [-0.25, -0.2) is 13.2 Å². The molecule has 0 amide bonds. The van der Waals surface area contributed by atoms with Crippen molar-refractivity contribution in [1.82, 2.24) is 0 Å². The van der Waals surface area contributed by atoms with Crippen LogP contribution in [0.25, 0.3) is 0 Å². The summed E-state index contributed by atoms with van der Waals surface area (Å²) in [5.74, 6) is -4.61. The highest BCUT2D eigenvalue weighted by Gasteiger charge is 2.28. The molecule has 1 rings (SSSR count). The van der Waals surface area contributed by atoms with Crippen LogP contribution in [-0.2, 0) is 0 Å². The minimum atomic E-state index is -4.39. The van der Waals surface area contributed by atoms with Crippen LogP contribution in [0.4, 0.5) is 26.3 Å². The molecule has 8 heteroatoms. The Hall–Kier alpha value is -0.950. The summed E-state index contributed by atoms with van der Waals surface area (Å²) in [5, 5.41) is 0. The largest absolute Gasteiger partial charge is 0.389 e. The van der Waals surface area contributed by atoms with Crippen molar-refractivity contribution < 1.29 is 26.3 Å². The Morgan fingerprint density at radius 2 is 1.50 bits per heavy atom. The summed E-state index contributed by atoms with van der Waals surface area (Å²) in [5.41, 5.74) is 5.13. The van der Waals surface area contributed by atoms with Crippen molar-refractivity contribution in [2.75, 3.05) is 0 Å². The number of nitrogens with two attached hydrogens (primary N) is 1. The molecular formula is C10H10ClF6N. The first-order valence-corrected chi connectivity index (χ1v) is 4.67. The maximum absolute atomic E-state index is 12.8. The first-order valence-electron chi connectivity index (χ1n) is 4.67. The van der Waals surface area contributed by atoms with Crippen molar-refractivity contribution in [2.45, 2.75) is 25.1 Å². The molecule has 0 aromatic heterocycles. The molecule has 0 saturated heterocycles. The predicted molar refractivity (Wildman–Crippen MR) is 55.8 cm³/mol. The zero-order chi connectivity index (χ0) is 13.2. The van der Waals surface area contributed by atoms with Crippen LogP contribution in [-0.4, -0.2) is 6.18 Å². The fourth-order valence-electron chi connectivity index (χ4n) is 1.28. The van der Waals surface area contributed by atoms with Crippen LogP contribution in [0, 0.1) is 17.5 Å². The van der Waals surface area contributed by atoms with E-state index in [4.69, 9.17) is 5.73 Å². The molecule has 1 atom stereocenters. The first kappa shape index (κ1) is 17.1. The third-order valence-electron chi connectivity index (χ3n) is 2.17. The minimum absolute atomic E-state index is 0. The van der Waals surface area contributed by atoms with Crippen molar-refractivity contribution in [2.24, 2.45) is 5.73 Å². The normalized spacial score (nSPS) is 13.1. The molecule has 1 nitrogen and oxygen atoms in total. The second-order valence-corrected chi connectivity index (χ2v) is 3.56. The highest BCUT2D eigenvalue weighted by molar-refractivity contribution is 5.85.